The van der Waals surface area contributed by atoms with Gasteiger partial charge in [0.25, 0.3) is 0 Å². The molecule has 4 heteroatoms. The highest BCUT2D eigenvalue weighted by Crippen LogP contribution is 2.48. The normalized spacial score (nSPS) is 32.7. The average Bonchev–Trinajstić information content (AvgIpc) is 2.89. The fourth-order valence-electron chi connectivity index (χ4n) is 3.28. The predicted molar refractivity (Wildman–Crippen MR) is 66.5 cm³/mol. The van der Waals surface area contributed by atoms with Crippen molar-refractivity contribution in [1.29, 1.82) is 0 Å². The van der Waals surface area contributed by atoms with Gasteiger partial charge in [-0.25, -0.2) is 0 Å². The highest BCUT2D eigenvalue weighted by molar-refractivity contribution is 5.79. The minimum atomic E-state index is -0.323. The van der Waals surface area contributed by atoms with Crippen molar-refractivity contribution in [2.24, 2.45) is 17.8 Å². The van der Waals surface area contributed by atoms with Crippen LogP contribution in [-0.2, 0) is 4.79 Å². The molecule has 4 unspecified atom stereocenters. The average molecular weight is 240 g/mol. The fraction of sp³-hybridized carbons (Fsp3) is 0.923. The summed E-state index contributed by atoms with van der Waals surface area (Å²) in [6.45, 7) is 3.74. The molecule has 2 aliphatic rings. The summed E-state index contributed by atoms with van der Waals surface area (Å²) in [6.07, 6.45) is 4.65. The van der Waals surface area contributed by atoms with Crippen molar-refractivity contribution in [2.75, 3.05) is 19.6 Å². The van der Waals surface area contributed by atoms with Gasteiger partial charge >= 0.3 is 0 Å². The van der Waals surface area contributed by atoms with E-state index in [1.807, 2.05) is 0 Å². The lowest BCUT2D eigenvalue weighted by atomic mass is 9.88. The first-order chi connectivity index (χ1) is 8.16. The van der Waals surface area contributed by atoms with Gasteiger partial charge in [0.2, 0.25) is 5.91 Å². The summed E-state index contributed by atoms with van der Waals surface area (Å²) in [7, 11) is 0. The summed E-state index contributed by atoms with van der Waals surface area (Å²) in [4.78, 5) is 11.9. The zero-order valence-corrected chi connectivity index (χ0v) is 10.6. The number of hydrogen-bond acceptors (Lipinski definition) is 3. The summed E-state index contributed by atoms with van der Waals surface area (Å²) >= 11 is 0. The van der Waals surface area contributed by atoms with Crippen molar-refractivity contribution in [2.45, 2.75) is 38.7 Å². The molecule has 0 aromatic heterocycles. The van der Waals surface area contributed by atoms with E-state index < -0.39 is 0 Å². The molecular formula is C13H24N2O2. The Hall–Kier alpha value is -0.610. The zero-order chi connectivity index (χ0) is 12.3. The Morgan fingerprint density at radius 3 is 2.76 bits per heavy atom. The number of nitrogens with one attached hydrogen (secondary N) is 2. The molecule has 2 bridgehead atoms. The van der Waals surface area contributed by atoms with Gasteiger partial charge < -0.3 is 15.7 Å². The highest BCUT2D eigenvalue weighted by Gasteiger charge is 2.42. The minimum absolute atomic E-state index is 0.246. The summed E-state index contributed by atoms with van der Waals surface area (Å²) in [5.41, 5.74) is 0. The van der Waals surface area contributed by atoms with Crippen LogP contribution in [0.5, 0.6) is 0 Å². The largest absolute Gasteiger partial charge is 0.392 e. The van der Waals surface area contributed by atoms with Crippen LogP contribution in [0.25, 0.3) is 0 Å². The minimum Gasteiger partial charge on any atom is -0.392 e. The molecule has 17 heavy (non-hydrogen) atoms. The van der Waals surface area contributed by atoms with E-state index in [1.165, 1.54) is 19.3 Å². The van der Waals surface area contributed by atoms with E-state index in [1.54, 1.807) is 6.92 Å². The van der Waals surface area contributed by atoms with Gasteiger partial charge in [0.05, 0.1) is 6.10 Å². The van der Waals surface area contributed by atoms with Crippen LogP contribution in [0.15, 0.2) is 0 Å². The molecule has 0 spiro atoms. The second kappa shape index (κ2) is 5.83. The van der Waals surface area contributed by atoms with Crippen molar-refractivity contribution >= 4 is 5.91 Å². The lowest BCUT2D eigenvalue weighted by Gasteiger charge is -2.20. The second-order valence-electron chi connectivity index (χ2n) is 5.63. The van der Waals surface area contributed by atoms with Crippen LogP contribution >= 0.6 is 0 Å². The topological polar surface area (TPSA) is 61.4 Å². The molecule has 0 aromatic carbocycles. The molecule has 2 aliphatic carbocycles. The number of hydrogen-bond donors (Lipinski definition) is 3. The molecule has 4 atom stereocenters. The molecule has 2 fully saturated rings. The molecule has 2 saturated carbocycles. The SMILES string of the molecule is CC(O)CNCCNC(=O)C1CC2CCC1C2. The maximum absolute atomic E-state index is 11.9. The van der Waals surface area contributed by atoms with Gasteiger partial charge in [-0.15, -0.1) is 0 Å². The molecule has 98 valence electrons. The van der Waals surface area contributed by atoms with Crippen LogP contribution in [0.3, 0.4) is 0 Å². The maximum atomic E-state index is 11.9. The highest BCUT2D eigenvalue weighted by atomic mass is 16.3. The van der Waals surface area contributed by atoms with Crippen molar-refractivity contribution in [1.82, 2.24) is 10.6 Å². The van der Waals surface area contributed by atoms with Crippen molar-refractivity contribution in [3.8, 4) is 0 Å². The molecule has 4 nitrogen and oxygen atoms in total. The Morgan fingerprint density at radius 2 is 2.18 bits per heavy atom. The summed E-state index contributed by atoms with van der Waals surface area (Å²) in [5, 5.41) is 15.2. The first-order valence-corrected chi connectivity index (χ1v) is 6.83. The number of carbonyl (C=O) groups is 1. The monoisotopic (exact) mass is 240 g/mol. The van der Waals surface area contributed by atoms with Gasteiger partial charge in [0.15, 0.2) is 0 Å². The molecule has 3 N–H and O–H groups in total. The van der Waals surface area contributed by atoms with Crippen LogP contribution in [-0.4, -0.2) is 36.8 Å². The number of amides is 1. The second-order valence-corrected chi connectivity index (χ2v) is 5.63. The first kappa shape index (κ1) is 12.8. The first-order valence-electron chi connectivity index (χ1n) is 6.83. The lowest BCUT2D eigenvalue weighted by Crippen LogP contribution is -2.38. The Bertz CT molecular complexity index is 268. The van der Waals surface area contributed by atoms with Crippen molar-refractivity contribution < 1.29 is 9.90 Å². The smallest absolute Gasteiger partial charge is 0.223 e. The van der Waals surface area contributed by atoms with Crippen molar-refractivity contribution in [3.05, 3.63) is 0 Å². The Kier molecular flexibility index (Phi) is 4.40. The molecule has 0 radical (unpaired) electrons. The van der Waals surface area contributed by atoms with Gasteiger partial charge in [-0.05, 0) is 38.0 Å². The molecule has 0 heterocycles. The van der Waals surface area contributed by atoms with Gasteiger partial charge in [-0.2, -0.15) is 0 Å². The van der Waals surface area contributed by atoms with Crippen LogP contribution in [0.4, 0.5) is 0 Å². The molecule has 0 aromatic rings. The summed E-state index contributed by atoms with van der Waals surface area (Å²) < 4.78 is 0. The van der Waals surface area contributed by atoms with Gasteiger partial charge in [-0.1, -0.05) is 6.42 Å². The molecule has 2 rings (SSSR count). The van der Waals surface area contributed by atoms with E-state index in [-0.39, 0.29) is 17.9 Å². The maximum Gasteiger partial charge on any atom is 0.223 e. The third-order valence-electron chi connectivity index (χ3n) is 4.12. The summed E-state index contributed by atoms with van der Waals surface area (Å²) in [5.74, 6) is 2.01. The molecule has 1 amide bonds. The number of aliphatic hydroxyl groups excluding tert-OH is 1. The lowest BCUT2D eigenvalue weighted by molar-refractivity contribution is -0.126. The number of rotatable bonds is 6. The number of aliphatic hydroxyl groups is 1. The Morgan fingerprint density at radius 1 is 1.35 bits per heavy atom. The number of carbonyl (C=O) groups excluding carboxylic acids is 1. The molecule has 0 saturated heterocycles. The van der Waals surface area contributed by atoms with Gasteiger partial charge in [0.1, 0.15) is 0 Å². The van der Waals surface area contributed by atoms with E-state index in [0.717, 1.165) is 18.9 Å². The van der Waals surface area contributed by atoms with E-state index in [4.69, 9.17) is 5.11 Å². The Balaban J connectivity index is 1.58. The third kappa shape index (κ3) is 3.42. The van der Waals surface area contributed by atoms with Crippen LogP contribution < -0.4 is 10.6 Å². The van der Waals surface area contributed by atoms with Crippen LogP contribution in [0, 0.1) is 17.8 Å². The third-order valence-corrected chi connectivity index (χ3v) is 4.12. The van der Waals surface area contributed by atoms with E-state index in [2.05, 4.69) is 10.6 Å². The summed E-state index contributed by atoms with van der Waals surface area (Å²) in [6, 6.07) is 0. The van der Waals surface area contributed by atoms with Crippen LogP contribution in [0.1, 0.15) is 32.6 Å². The van der Waals surface area contributed by atoms with E-state index >= 15 is 0 Å². The molecular weight excluding hydrogens is 216 g/mol. The van der Waals surface area contributed by atoms with E-state index in [9.17, 15) is 4.79 Å². The van der Waals surface area contributed by atoms with Gasteiger partial charge in [0, 0.05) is 25.6 Å². The number of fused-ring (bicyclic) bond motifs is 2. The van der Waals surface area contributed by atoms with Crippen molar-refractivity contribution in [3.63, 3.8) is 0 Å². The molecule has 0 aliphatic heterocycles. The van der Waals surface area contributed by atoms with E-state index in [0.29, 0.717) is 19.0 Å². The Labute approximate surface area is 103 Å². The fourth-order valence-corrected chi connectivity index (χ4v) is 3.28. The predicted octanol–water partition coefficient (Wildman–Crippen LogP) is 0.509. The van der Waals surface area contributed by atoms with Gasteiger partial charge in [-0.3, -0.25) is 4.79 Å². The standard InChI is InChI=1S/C13H24N2O2/c1-9(16)8-14-4-5-15-13(17)12-7-10-2-3-11(12)6-10/h9-12,14,16H,2-8H2,1H3,(H,15,17). The zero-order valence-electron chi connectivity index (χ0n) is 10.6. The van der Waals surface area contributed by atoms with Crippen LogP contribution in [0.2, 0.25) is 0 Å². The quantitative estimate of drug-likeness (QED) is 0.593.